The Hall–Kier alpha value is -3.80. The van der Waals surface area contributed by atoms with Crippen LogP contribution in [0.15, 0.2) is 72.8 Å². The van der Waals surface area contributed by atoms with E-state index < -0.39 is 0 Å². The largest absolute Gasteiger partial charge is 0.497 e. The van der Waals surface area contributed by atoms with E-state index in [1.165, 1.54) is 5.56 Å². The third kappa shape index (κ3) is 4.91. The molecule has 0 saturated carbocycles. The molecule has 0 aliphatic rings. The molecule has 0 fully saturated rings. The van der Waals surface area contributed by atoms with Crippen molar-refractivity contribution in [3.63, 3.8) is 0 Å². The van der Waals surface area contributed by atoms with E-state index in [0.29, 0.717) is 17.9 Å². The summed E-state index contributed by atoms with van der Waals surface area (Å²) in [5.74, 6) is 2.43. The zero-order valence-electron chi connectivity index (χ0n) is 18.4. The summed E-state index contributed by atoms with van der Waals surface area (Å²) >= 11 is 0. The van der Waals surface area contributed by atoms with Gasteiger partial charge in [0.25, 0.3) is 5.91 Å². The molecule has 0 unspecified atom stereocenters. The number of methoxy groups -OCH3 is 2. The Kier molecular flexibility index (Phi) is 6.70. The first-order valence-electron chi connectivity index (χ1n) is 10.7. The van der Waals surface area contributed by atoms with E-state index in [1.54, 1.807) is 26.4 Å². The lowest BCUT2D eigenvalue weighted by Crippen LogP contribution is -2.25. The van der Waals surface area contributed by atoms with Gasteiger partial charge in [-0.1, -0.05) is 30.3 Å². The first kappa shape index (κ1) is 21.4. The standard InChI is InChI=1S/C26H27N3O3/c1-31-21-14-12-19(13-15-21)18-29-24-10-4-3-9-23(24)28-25(29)11-6-16-27-26(30)20-7-5-8-22(17-20)32-2/h3-5,7-10,12-15,17H,6,11,16,18H2,1-2H3,(H,27,30). The fourth-order valence-electron chi connectivity index (χ4n) is 3.72. The number of imidazole rings is 1. The van der Waals surface area contributed by atoms with Crippen LogP contribution in [0.3, 0.4) is 0 Å². The number of ether oxygens (including phenoxy) is 2. The summed E-state index contributed by atoms with van der Waals surface area (Å²) in [6.07, 6.45) is 1.56. The molecule has 3 aromatic carbocycles. The van der Waals surface area contributed by atoms with Gasteiger partial charge < -0.3 is 19.4 Å². The summed E-state index contributed by atoms with van der Waals surface area (Å²) in [5.41, 5.74) is 3.87. The first-order chi connectivity index (χ1) is 15.7. The molecule has 6 heteroatoms. The Bertz CT molecular complexity index is 1200. The van der Waals surface area contributed by atoms with E-state index in [-0.39, 0.29) is 5.91 Å². The molecule has 0 radical (unpaired) electrons. The van der Waals surface area contributed by atoms with Gasteiger partial charge in [0.15, 0.2) is 0 Å². The van der Waals surface area contributed by atoms with E-state index in [1.807, 2.05) is 42.5 Å². The Morgan fingerprint density at radius 3 is 2.50 bits per heavy atom. The van der Waals surface area contributed by atoms with Gasteiger partial charge in [-0.25, -0.2) is 4.98 Å². The molecular formula is C26H27N3O3. The SMILES string of the molecule is COc1ccc(Cn2c(CCCNC(=O)c3cccc(OC)c3)nc3ccccc32)cc1. The summed E-state index contributed by atoms with van der Waals surface area (Å²) in [4.78, 5) is 17.3. The molecule has 1 amide bonds. The molecule has 1 aromatic heterocycles. The van der Waals surface area contributed by atoms with Crippen molar-refractivity contribution in [2.24, 2.45) is 0 Å². The van der Waals surface area contributed by atoms with Crippen LogP contribution in [-0.4, -0.2) is 36.2 Å². The highest BCUT2D eigenvalue weighted by Crippen LogP contribution is 2.20. The third-order valence-corrected chi connectivity index (χ3v) is 5.43. The second-order valence-electron chi connectivity index (χ2n) is 7.54. The van der Waals surface area contributed by atoms with E-state index in [2.05, 4.69) is 28.1 Å². The molecule has 32 heavy (non-hydrogen) atoms. The van der Waals surface area contributed by atoms with Crippen molar-refractivity contribution in [3.8, 4) is 11.5 Å². The fraction of sp³-hybridized carbons (Fsp3) is 0.231. The van der Waals surface area contributed by atoms with Crippen molar-refractivity contribution in [1.82, 2.24) is 14.9 Å². The Balaban J connectivity index is 1.43. The van der Waals surface area contributed by atoms with Crippen molar-refractivity contribution in [1.29, 1.82) is 0 Å². The van der Waals surface area contributed by atoms with Gasteiger partial charge >= 0.3 is 0 Å². The Morgan fingerprint density at radius 2 is 1.72 bits per heavy atom. The summed E-state index contributed by atoms with van der Waals surface area (Å²) in [6.45, 7) is 1.30. The number of aryl methyl sites for hydroxylation is 1. The van der Waals surface area contributed by atoms with Crippen molar-refractivity contribution < 1.29 is 14.3 Å². The van der Waals surface area contributed by atoms with Crippen molar-refractivity contribution in [2.45, 2.75) is 19.4 Å². The summed E-state index contributed by atoms with van der Waals surface area (Å²) < 4.78 is 12.7. The number of para-hydroxylation sites is 2. The fourth-order valence-corrected chi connectivity index (χ4v) is 3.72. The summed E-state index contributed by atoms with van der Waals surface area (Å²) in [6, 6.07) is 23.4. The molecule has 1 heterocycles. The van der Waals surface area contributed by atoms with Crippen LogP contribution in [0.1, 0.15) is 28.2 Å². The minimum absolute atomic E-state index is 0.101. The predicted molar refractivity (Wildman–Crippen MR) is 125 cm³/mol. The summed E-state index contributed by atoms with van der Waals surface area (Å²) in [5, 5.41) is 2.99. The van der Waals surface area contributed by atoms with Gasteiger partial charge in [-0.3, -0.25) is 4.79 Å². The van der Waals surface area contributed by atoms with E-state index in [9.17, 15) is 4.79 Å². The van der Waals surface area contributed by atoms with Crippen molar-refractivity contribution in [3.05, 3.63) is 89.7 Å². The van der Waals surface area contributed by atoms with Gasteiger partial charge in [0.1, 0.15) is 17.3 Å². The lowest BCUT2D eigenvalue weighted by molar-refractivity contribution is 0.0953. The van der Waals surface area contributed by atoms with Crippen LogP contribution in [0, 0.1) is 0 Å². The number of hydrogen-bond acceptors (Lipinski definition) is 4. The number of hydrogen-bond donors (Lipinski definition) is 1. The first-order valence-corrected chi connectivity index (χ1v) is 10.7. The van der Waals surface area contributed by atoms with E-state index >= 15 is 0 Å². The Morgan fingerprint density at radius 1 is 0.938 bits per heavy atom. The van der Waals surface area contributed by atoms with Crippen molar-refractivity contribution in [2.75, 3.05) is 20.8 Å². The quantitative estimate of drug-likeness (QED) is 0.399. The van der Waals surface area contributed by atoms with Gasteiger partial charge in [-0.15, -0.1) is 0 Å². The Labute approximate surface area is 187 Å². The number of carbonyl (C=O) groups is 1. The minimum atomic E-state index is -0.101. The van der Waals surface area contributed by atoms with E-state index in [0.717, 1.165) is 42.0 Å². The van der Waals surface area contributed by atoms with Gasteiger partial charge in [-0.05, 0) is 54.4 Å². The number of amides is 1. The number of rotatable bonds is 9. The van der Waals surface area contributed by atoms with E-state index in [4.69, 9.17) is 14.5 Å². The third-order valence-electron chi connectivity index (χ3n) is 5.43. The van der Waals surface area contributed by atoms with Gasteiger partial charge in [0.2, 0.25) is 0 Å². The zero-order valence-corrected chi connectivity index (χ0v) is 18.4. The molecule has 164 valence electrons. The van der Waals surface area contributed by atoms with Crippen LogP contribution in [0.4, 0.5) is 0 Å². The van der Waals surface area contributed by atoms with Gasteiger partial charge in [0.05, 0.1) is 25.3 Å². The summed E-state index contributed by atoms with van der Waals surface area (Å²) in [7, 11) is 3.26. The maximum Gasteiger partial charge on any atom is 0.251 e. The van der Waals surface area contributed by atoms with Crippen LogP contribution in [0.5, 0.6) is 11.5 Å². The van der Waals surface area contributed by atoms with Gasteiger partial charge in [0, 0.05) is 25.1 Å². The number of benzene rings is 3. The van der Waals surface area contributed by atoms with Crippen LogP contribution in [-0.2, 0) is 13.0 Å². The molecule has 0 saturated heterocycles. The molecule has 0 aliphatic heterocycles. The lowest BCUT2D eigenvalue weighted by Gasteiger charge is -2.11. The molecule has 6 nitrogen and oxygen atoms in total. The molecule has 0 aliphatic carbocycles. The average Bonchev–Trinajstić information content (AvgIpc) is 3.19. The lowest BCUT2D eigenvalue weighted by atomic mass is 10.2. The monoisotopic (exact) mass is 429 g/mol. The minimum Gasteiger partial charge on any atom is -0.497 e. The highest BCUT2D eigenvalue weighted by Gasteiger charge is 2.12. The highest BCUT2D eigenvalue weighted by molar-refractivity contribution is 5.94. The topological polar surface area (TPSA) is 65.4 Å². The number of nitrogens with one attached hydrogen (secondary N) is 1. The molecule has 4 rings (SSSR count). The maximum absolute atomic E-state index is 12.4. The molecule has 4 aromatic rings. The van der Waals surface area contributed by atoms with Crippen LogP contribution in [0.2, 0.25) is 0 Å². The number of carbonyl (C=O) groups excluding carboxylic acids is 1. The molecule has 0 atom stereocenters. The smallest absolute Gasteiger partial charge is 0.251 e. The normalized spacial score (nSPS) is 10.8. The van der Waals surface area contributed by atoms with Crippen molar-refractivity contribution >= 4 is 16.9 Å². The number of fused-ring (bicyclic) bond motifs is 1. The van der Waals surface area contributed by atoms with Gasteiger partial charge in [-0.2, -0.15) is 0 Å². The maximum atomic E-state index is 12.4. The highest BCUT2D eigenvalue weighted by atomic mass is 16.5. The second-order valence-corrected chi connectivity index (χ2v) is 7.54. The average molecular weight is 430 g/mol. The molecule has 0 spiro atoms. The molecular weight excluding hydrogens is 402 g/mol. The second kappa shape index (κ2) is 10.0. The zero-order chi connectivity index (χ0) is 22.3. The van der Waals surface area contributed by atoms with Crippen LogP contribution in [0.25, 0.3) is 11.0 Å². The predicted octanol–water partition coefficient (Wildman–Crippen LogP) is 4.46. The molecule has 0 bridgehead atoms. The van der Waals surface area contributed by atoms with Crippen LogP contribution >= 0.6 is 0 Å². The van der Waals surface area contributed by atoms with Crippen LogP contribution < -0.4 is 14.8 Å². The molecule has 1 N–H and O–H groups in total. The number of nitrogens with zero attached hydrogens (tertiary/aromatic N) is 2. The number of aromatic nitrogens is 2.